The third-order valence-corrected chi connectivity index (χ3v) is 5.46. The second-order valence-corrected chi connectivity index (χ2v) is 7.62. The lowest BCUT2D eigenvalue weighted by Crippen LogP contribution is -2.41. The minimum Gasteiger partial charge on any atom is -0.307 e. The zero-order chi connectivity index (χ0) is 15.7. The van der Waals surface area contributed by atoms with Crippen molar-refractivity contribution in [3.05, 3.63) is 35.4 Å². The van der Waals surface area contributed by atoms with E-state index in [0.29, 0.717) is 11.5 Å². The van der Waals surface area contributed by atoms with Crippen LogP contribution < -0.4 is 5.32 Å². The number of thioether (sulfide) groups is 1. The van der Waals surface area contributed by atoms with Crippen LogP contribution in [-0.2, 0) is 6.18 Å². The third kappa shape index (κ3) is 4.65. The van der Waals surface area contributed by atoms with Gasteiger partial charge in [-0.15, -0.1) is 0 Å². The molecular formula is C16H22F3NS. The van der Waals surface area contributed by atoms with E-state index in [0.717, 1.165) is 29.9 Å². The van der Waals surface area contributed by atoms with Gasteiger partial charge in [-0.3, -0.25) is 0 Å². The SMILES string of the molecule is CC(NC1CSCC(C)(C)C1)c1ccc(C(F)(F)F)cc1. The van der Waals surface area contributed by atoms with Gasteiger partial charge in [0.05, 0.1) is 5.56 Å². The predicted molar refractivity (Wildman–Crippen MR) is 82.5 cm³/mol. The average molecular weight is 317 g/mol. The van der Waals surface area contributed by atoms with Gasteiger partial charge in [0.15, 0.2) is 0 Å². The molecular weight excluding hydrogens is 295 g/mol. The van der Waals surface area contributed by atoms with Crippen molar-refractivity contribution in [3.63, 3.8) is 0 Å². The molecule has 2 rings (SSSR count). The Hall–Kier alpha value is -0.680. The van der Waals surface area contributed by atoms with Gasteiger partial charge >= 0.3 is 6.18 Å². The number of benzene rings is 1. The average Bonchev–Trinajstić information content (AvgIpc) is 2.36. The number of nitrogens with one attached hydrogen (secondary N) is 1. The summed E-state index contributed by atoms with van der Waals surface area (Å²) in [6.07, 6.45) is -3.16. The molecule has 0 saturated carbocycles. The monoisotopic (exact) mass is 317 g/mol. The molecule has 0 spiro atoms. The van der Waals surface area contributed by atoms with Crippen LogP contribution in [0.2, 0.25) is 0 Å². The lowest BCUT2D eigenvalue weighted by Gasteiger charge is -2.36. The molecule has 1 heterocycles. The van der Waals surface area contributed by atoms with Crippen LogP contribution in [0.3, 0.4) is 0 Å². The summed E-state index contributed by atoms with van der Waals surface area (Å²) < 4.78 is 37.7. The highest BCUT2D eigenvalue weighted by Crippen LogP contribution is 2.34. The molecule has 1 nitrogen and oxygen atoms in total. The first-order chi connectivity index (χ1) is 9.67. The van der Waals surface area contributed by atoms with E-state index in [2.05, 4.69) is 19.2 Å². The molecule has 0 aliphatic carbocycles. The molecule has 0 aromatic heterocycles. The number of rotatable bonds is 3. The summed E-state index contributed by atoms with van der Waals surface area (Å²) in [5.74, 6) is 2.23. The Morgan fingerprint density at radius 2 is 1.86 bits per heavy atom. The second kappa shape index (κ2) is 6.21. The van der Waals surface area contributed by atoms with E-state index < -0.39 is 11.7 Å². The fraction of sp³-hybridized carbons (Fsp3) is 0.625. The van der Waals surface area contributed by atoms with Crippen molar-refractivity contribution in [2.24, 2.45) is 5.41 Å². The third-order valence-electron chi connectivity index (χ3n) is 3.83. The Labute approximate surface area is 128 Å². The van der Waals surface area contributed by atoms with Crippen LogP contribution in [0.25, 0.3) is 0 Å². The molecule has 118 valence electrons. The van der Waals surface area contributed by atoms with E-state index in [9.17, 15) is 13.2 Å². The van der Waals surface area contributed by atoms with Crippen molar-refractivity contribution in [1.29, 1.82) is 0 Å². The molecule has 0 radical (unpaired) electrons. The van der Waals surface area contributed by atoms with Crippen LogP contribution in [0.15, 0.2) is 24.3 Å². The van der Waals surface area contributed by atoms with Crippen molar-refractivity contribution < 1.29 is 13.2 Å². The summed E-state index contributed by atoms with van der Waals surface area (Å²) >= 11 is 1.94. The normalized spacial score (nSPS) is 23.8. The van der Waals surface area contributed by atoms with Crippen molar-refractivity contribution in [2.75, 3.05) is 11.5 Å². The Kier molecular flexibility index (Phi) is 4.93. The van der Waals surface area contributed by atoms with E-state index in [-0.39, 0.29) is 6.04 Å². The molecule has 2 unspecified atom stereocenters. The minimum atomic E-state index is -4.26. The zero-order valence-corrected chi connectivity index (χ0v) is 13.4. The Morgan fingerprint density at radius 3 is 2.38 bits per heavy atom. The van der Waals surface area contributed by atoms with Gasteiger partial charge in [-0.25, -0.2) is 0 Å². The quantitative estimate of drug-likeness (QED) is 0.852. The van der Waals surface area contributed by atoms with Crippen LogP contribution in [0.5, 0.6) is 0 Å². The van der Waals surface area contributed by atoms with Crippen molar-refractivity contribution in [1.82, 2.24) is 5.32 Å². The van der Waals surface area contributed by atoms with Gasteiger partial charge in [0.2, 0.25) is 0 Å². The van der Waals surface area contributed by atoms with Crippen LogP contribution in [-0.4, -0.2) is 17.5 Å². The predicted octanol–water partition coefficient (Wildman–Crippen LogP) is 4.89. The van der Waals surface area contributed by atoms with Crippen LogP contribution >= 0.6 is 11.8 Å². The number of alkyl halides is 3. The highest BCUT2D eigenvalue weighted by atomic mass is 32.2. The summed E-state index contributed by atoms with van der Waals surface area (Å²) in [5, 5.41) is 3.55. The lowest BCUT2D eigenvalue weighted by molar-refractivity contribution is -0.137. The molecule has 1 aliphatic heterocycles. The maximum Gasteiger partial charge on any atom is 0.416 e. The summed E-state index contributed by atoms with van der Waals surface area (Å²) in [6.45, 7) is 6.53. The highest BCUT2D eigenvalue weighted by Gasteiger charge is 2.31. The fourth-order valence-corrected chi connectivity index (χ4v) is 4.07. The number of hydrogen-bond donors (Lipinski definition) is 1. The molecule has 1 aromatic carbocycles. The molecule has 0 bridgehead atoms. The molecule has 5 heteroatoms. The van der Waals surface area contributed by atoms with Gasteiger partial charge in [0, 0.05) is 17.8 Å². The van der Waals surface area contributed by atoms with E-state index in [1.807, 2.05) is 18.7 Å². The molecule has 2 atom stereocenters. The van der Waals surface area contributed by atoms with Crippen molar-refractivity contribution >= 4 is 11.8 Å². The number of halogens is 3. The maximum absolute atomic E-state index is 12.6. The van der Waals surface area contributed by atoms with Crippen LogP contribution in [0.1, 0.15) is 44.4 Å². The lowest BCUT2D eigenvalue weighted by atomic mass is 9.87. The second-order valence-electron chi connectivity index (χ2n) is 6.59. The largest absolute Gasteiger partial charge is 0.416 e. The highest BCUT2D eigenvalue weighted by molar-refractivity contribution is 7.99. The first-order valence-electron chi connectivity index (χ1n) is 7.18. The van der Waals surface area contributed by atoms with E-state index in [4.69, 9.17) is 0 Å². The van der Waals surface area contributed by atoms with Gasteiger partial charge in [0.25, 0.3) is 0 Å². The van der Waals surface area contributed by atoms with Crippen molar-refractivity contribution in [3.8, 4) is 0 Å². The molecule has 1 N–H and O–H groups in total. The van der Waals surface area contributed by atoms with Gasteiger partial charge in [-0.2, -0.15) is 24.9 Å². The summed E-state index contributed by atoms with van der Waals surface area (Å²) in [5.41, 5.74) is 0.629. The summed E-state index contributed by atoms with van der Waals surface area (Å²) in [6, 6.07) is 5.94. The smallest absolute Gasteiger partial charge is 0.307 e. The van der Waals surface area contributed by atoms with Gasteiger partial charge in [0.1, 0.15) is 0 Å². The number of hydrogen-bond acceptors (Lipinski definition) is 2. The fourth-order valence-electron chi connectivity index (χ4n) is 2.78. The topological polar surface area (TPSA) is 12.0 Å². The Bertz CT molecular complexity index is 467. The van der Waals surface area contributed by atoms with E-state index >= 15 is 0 Å². The van der Waals surface area contributed by atoms with E-state index in [1.165, 1.54) is 5.75 Å². The minimum absolute atomic E-state index is 0.0618. The first kappa shape index (κ1) is 16.7. The standard InChI is InChI=1S/C16H22F3NS/c1-11(20-14-8-15(2,3)10-21-9-14)12-4-6-13(7-5-12)16(17,18)19/h4-7,11,14,20H,8-10H2,1-3H3. The Morgan fingerprint density at radius 1 is 1.24 bits per heavy atom. The molecule has 0 amide bonds. The van der Waals surface area contributed by atoms with Gasteiger partial charge in [-0.1, -0.05) is 26.0 Å². The van der Waals surface area contributed by atoms with Gasteiger partial charge < -0.3 is 5.32 Å². The Balaban J connectivity index is 1.98. The van der Waals surface area contributed by atoms with Crippen molar-refractivity contribution in [2.45, 2.75) is 45.5 Å². The molecule has 1 aromatic rings. The molecule has 1 fully saturated rings. The van der Waals surface area contributed by atoms with Crippen LogP contribution in [0, 0.1) is 5.41 Å². The maximum atomic E-state index is 12.6. The zero-order valence-electron chi connectivity index (χ0n) is 12.6. The molecule has 1 aliphatic rings. The van der Waals surface area contributed by atoms with Gasteiger partial charge in [-0.05, 0) is 42.2 Å². The molecule has 1 saturated heterocycles. The first-order valence-corrected chi connectivity index (χ1v) is 8.34. The molecule has 21 heavy (non-hydrogen) atoms. The van der Waals surface area contributed by atoms with E-state index in [1.54, 1.807) is 12.1 Å². The summed E-state index contributed by atoms with van der Waals surface area (Å²) in [7, 11) is 0. The van der Waals surface area contributed by atoms with Crippen LogP contribution in [0.4, 0.5) is 13.2 Å². The summed E-state index contributed by atoms with van der Waals surface area (Å²) in [4.78, 5) is 0.